The minimum Gasteiger partial charge on any atom is -0.507 e. The lowest BCUT2D eigenvalue weighted by Crippen LogP contribution is -2.29. The van der Waals surface area contributed by atoms with Crippen LogP contribution in [0.15, 0.2) is 66.8 Å². The molecule has 2 aromatic carbocycles. The summed E-state index contributed by atoms with van der Waals surface area (Å²) < 4.78 is 0. The summed E-state index contributed by atoms with van der Waals surface area (Å²) in [5.74, 6) is -1.44. The van der Waals surface area contributed by atoms with Gasteiger partial charge in [0.1, 0.15) is 5.76 Å². The average molecular weight is 347 g/mol. The maximum atomic E-state index is 12.7. The Morgan fingerprint density at radius 1 is 1.04 bits per heavy atom. The Bertz CT molecular complexity index is 892. The molecule has 4 nitrogen and oxygen atoms in total. The zero-order valence-electron chi connectivity index (χ0n) is 14.9. The molecule has 0 radical (unpaired) electrons. The monoisotopic (exact) mass is 347 g/mol. The van der Waals surface area contributed by atoms with Crippen LogP contribution in [0.1, 0.15) is 28.3 Å². The van der Waals surface area contributed by atoms with Gasteiger partial charge in [-0.25, -0.2) is 0 Å². The summed E-state index contributed by atoms with van der Waals surface area (Å²) in [5.41, 5.74) is 3.54. The van der Waals surface area contributed by atoms with E-state index < -0.39 is 17.7 Å². The number of aliphatic hydroxyl groups is 1. The largest absolute Gasteiger partial charge is 0.507 e. The molecule has 4 heteroatoms. The molecule has 1 amide bonds. The van der Waals surface area contributed by atoms with Gasteiger partial charge in [0.15, 0.2) is 0 Å². The van der Waals surface area contributed by atoms with Gasteiger partial charge in [-0.15, -0.1) is 6.58 Å². The van der Waals surface area contributed by atoms with E-state index in [4.69, 9.17) is 0 Å². The number of carbonyl (C=O) groups is 2. The molecule has 1 aliphatic heterocycles. The SMILES string of the molecule is C=CCN1C(=O)C(=O)C(=C(O)c2ccc(C)cc2)[C@@H]1c1ccc(C)cc1. The maximum absolute atomic E-state index is 12.7. The third-order valence-corrected chi connectivity index (χ3v) is 4.58. The highest BCUT2D eigenvalue weighted by atomic mass is 16.3. The molecule has 0 saturated carbocycles. The van der Waals surface area contributed by atoms with Crippen molar-refractivity contribution in [1.82, 2.24) is 4.90 Å². The van der Waals surface area contributed by atoms with Crippen LogP contribution in [0.5, 0.6) is 0 Å². The van der Waals surface area contributed by atoms with E-state index in [1.54, 1.807) is 18.2 Å². The van der Waals surface area contributed by atoms with Crippen LogP contribution in [-0.4, -0.2) is 28.2 Å². The molecule has 1 fully saturated rings. The van der Waals surface area contributed by atoms with Crippen molar-refractivity contribution in [2.75, 3.05) is 6.54 Å². The summed E-state index contributed by atoms with van der Waals surface area (Å²) in [6, 6.07) is 14.2. The molecule has 0 aliphatic carbocycles. The minimum absolute atomic E-state index is 0.115. The third kappa shape index (κ3) is 3.06. The Hall–Kier alpha value is -3.14. The van der Waals surface area contributed by atoms with Crippen LogP contribution in [0.4, 0.5) is 0 Å². The lowest BCUT2D eigenvalue weighted by Gasteiger charge is -2.24. The van der Waals surface area contributed by atoms with Crippen LogP contribution in [0.25, 0.3) is 5.76 Å². The second kappa shape index (κ2) is 7.00. The number of ketones is 1. The maximum Gasteiger partial charge on any atom is 0.295 e. The molecule has 0 spiro atoms. The first-order valence-electron chi connectivity index (χ1n) is 8.47. The van der Waals surface area contributed by atoms with Gasteiger partial charge < -0.3 is 10.0 Å². The zero-order valence-corrected chi connectivity index (χ0v) is 14.9. The smallest absolute Gasteiger partial charge is 0.295 e. The molecule has 1 N–H and O–H groups in total. The second-order valence-electron chi connectivity index (χ2n) is 6.52. The third-order valence-electron chi connectivity index (χ3n) is 4.58. The van der Waals surface area contributed by atoms with Crippen LogP contribution in [0, 0.1) is 13.8 Å². The fourth-order valence-electron chi connectivity index (χ4n) is 3.17. The summed E-state index contributed by atoms with van der Waals surface area (Å²) in [4.78, 5) is 26.7. The van der Waals surface area contributed by atoms with Gasteiger partial charge in [-0.05, 0) is 19.4 Å². The van der Waals surface area contributed by atoms with E-state index in [0.29, 0.717) is 5.56 Å². The highest BCUT2D eigenvalue weighted by Gasteiger charge is 2.45. The molecule has 3 rings (SSSR count). The van der Waals surface area contributed by atoms with Crippen molar-refractivity contribution in [2.45, 2.75) is 19.9 Å². The molecule has 0 bridgehead atoms. The number of amides is 1. The van der Waals surface area contributed by atoms with Crippen molar-refractivity contribution in [2.24, 2.45) is 0 Å². The van der Waals surface area contributed by atoms with Crippen molar-refractivity contribution in [3.05, 3.63) is 89.0 Å². The highest BCUT2D eigenvalue weighted by molar-refractivity contribution is 6.46. The Morgan fingerprint density at radius 3 is 2.12 bits per heavy atom. The molecule has 2 aromatic rings. The molecule has 0 aromatic heterocycles. The number of hydrogen-bond acceptors (Lipinski definition) is 3. The number of benzene rings is 2. The van der Waals surface area contributed by atoms with Crippen molar-refractivity contribution < 1.29 is 14.7 Å². The zero-order chi connectivity index (χ0) is 18.8. The van der Waals surface area contributed by atoms with Crippen LogP contribution in [-0.2, 0) is 9.59 Å². The Morgan fingerprint density at radius 2 is 1.58 bits per heavy atom. The lowest BCUT2D eigenvalue weighted by atomic mass is 9.94. The standard InChI is InChI=1S/C22H21NO3/c1-4-13-23-19(16-9-5-14(2)6-10-16)18(21(25)22(23)26)20(24)17-11-7-15(3)8-12-17/h4-12,19,24H,1,13H2,2-3H3/t19-/m0/s1. The number of aryl methyl sites for hydroxylation is 2. The summed E-state index contributed by atoms with van der Waals surface area (Å²) >= 11 is 0. The van der Waals surface area contributed by atoms with Crippen LogP contribution in [0.3, 0.4) is 0 Å². The summed E-state index contributed by atoms with van der Waals surface area (Å²) in [6.07, 6.45) is 1.58. The van der Waals surface area contributed by atoms with Gasteiger partial charge in [-0.2, -0.15) is 0 Å². The van der Waals surface area contributed by atoms with E-state index in [0.717, 1.165) is 16.7 Å². The molecular weight excluding hydrogens is 326 g/mol. The predicted octanol–water partition coefficient (Wildman–Crippen LogP) is 3.91. The molecular formula is C22H21NO3. The summed E-state index contributed by atoms with van der Waals surface area (Å²) in [6.45, 7) is 7.82. The van der Waals surface area contributed by atoms with Gasteiger partial charge >= 0.3 is 0 Å². The topological polar surface area (TPSA) is 57.6 Å². The first-order chi connectivity index (χ1) is 12.4. The van der Waals surface area contributed by atoms with E-state index in [9.17, 15) is 14.7 Å². The van der Waals surface area contributed by atoms with Crippen molar-refractivity contribution in [3.8, 4) is 0 Å². The Kier molecular flexibility index (Phi) is 4.76. The van der Waals surface area contributed by atoms with E-state index >= 15 is 0 Å². The first-order valence-corrected chi connectivity index (χ1v) is 8.47. The summed E-state index contributed by atoms with van der Waals surface area (Å²) in [5, 5.41) is 10.8. The molecule has 1 heterocycles. The molecule has 0 unspecified atom stereocenters. The predicted molar refractivity (Wildman–Crippen MR) is 102 cm³/mol. The first kappa shape index (κ1) is 17.7. The molecule has 26 heavy (non-hydrogen) atoms. The van der Waals surface area contributed by atoms with Gasteiger partial charge in [0, 0.05) is 12.1 Å². The molecule has 1 saturated heterocycles. The number of carbonyl (C=O) groups excluding carboxylic acids is 2. The van der Waals surface area contributed by atoms with Crippen molar-refractivity contribution in [1.29, 1.82) is 0 Å². The number of Topliss-reactive ketones (excluding diaryl/α,β-unsaturated/α-hetero) is 1. The normalized spacial score (nSPS) is 19.0. The number of rotatable bonds is 4. The van der Waals surface area contributed by atoms with E-state index in [2.05, 4.69) is 6.58 Å². The number of aliphatic hydroxyl groups excluding tert-OH is 1. The average Bonchev–Trinajstić information content (AvgIpc) is 2.88. The molecule has 132 valence electrons. The van der Waals surface area contributed by atoms with Crippen LogP contribution in [0.2, 0.25) is 0 Å². The van der Waals surface area contributed by atoms with Gasteiger partial charge in [0.2, 0.25) is 0 Å². The number of likely N-dealkylation sites (tertiary alicyclic amines) is 1. The number of hydrogen-bond donors (Lipinski definition) is 1. The van der Waals surface area contributed by atoms with Crippen LogP contribution < -0.4 is 0 Å². The van der Waals surface area contributed by atoms with Gasteiger partial charge in [-0.3, -0.25) is 9.59 Å². The summed E-state index contributed by atoms with van der Waals surface area (Å²) in [7, 11) is 0. The molecule has 1 aliphatic rings. The second-order valence-corrected chi connectivity index (χ2v) is 6.52. The Labute approximate surface area is 153 Å². The Balaban J connectivity index is 2.18. The minimum atomic E-state index is -0.671. The van der Waals surface area contributed by atoms with E-state index in [1.165, 1.54) is 4.90 Å². The van der Waals surface area contributed by atoms with Gasteiger partial charge in [0.25, 0.3) is 11.7 Å². The highest BCUT2D eigenvalue weighted by Crippen LogP contribution is 2.39. The van der Waals surface area contributed by atoms with Crippen LogP contribution >= 0.6 is 0 Å². The van der Waals surface area contributed by atoms with Gasteiger partial charge in [-0.1, -0.05) is 65.7 Å². The quantitative estimate of drug-likeness (QED) is 0.395. The van der Waals surface area contributed by atoms with Crippen molar-refractivity contribution in [3.63, 3.8) is 0 Å². The molecule has 1 atom stereocenters. The van der Waals surface area contributed by atoms with E-state index in [-0.39, 0.29) is 17.9 Å². The fourth-order valence-corrected chi connectivity index (χ4v) is 3.17. The van der Waals surface area contributed by atoms with Crippen molar-refractivity contribution >= 4 is 17.4 Å². The number of nitrogens with zero attached hydrogens (tertiary/aromatic N) is 1. The van der Waals surface area contributed by atoms with Gasteiger partial charge in [0.05, 0.1) is 11.6 Å². The fraction of sp³-hybridized carbons (Fsp3) is 0.182. The lowest BCUT2D eigenvalue weighted by molar-refractivity contribution is -0.139. The van der Waals surface area contributed by atoms with E-state index in [1.807, 2.05) is 50.2 Å².